The molecule has 0 saturated heterocycles. The first kappa shape index (κ1) is 14.9. The van der Waals surface area contributed by atoms with Crippen molar-refractivity contribution in [3.8, 4) is 0 Å². The van der Waals surface area contributed by atoms with E-state index < -0.39 is 15.8 Å². The van der Waals surface area contributed by atoms with Gasteiger partial charge in [-0.2, -0.15) is 0 Å². The van der Waals surface area contributed by atoms with Gasteiger partial charge >= 0.3 is 0 Å². The van der Waals surface area contributed by atoms with Crippen molar-refractivity contribution >= 4 is 27.0 Å². The Morgan fingerprint density at radius 3 is 2.80 bits per heavy atom. The van der Waals surface area contributed by atoms with E-state index in [0.29, 0.717) is 6.42 Å². The molecule has 3 N–H and O–H groups in total. The molecule has 0 aliphatic heterocycles. The Morgan fingerprint density at radius 1 is 1.45 bits per heavy atom. The molecule has 8 heteroatoms. The zero-order chi connectivity index (χ0) is 14.8. The average molecular weight is 315 g/mol. The van der Waals surface area contributed by atoms with Crippen LogP contribution in [0.3, 0.4) is 0 Å². The van der Waals surface area contributed by atoms with E-state index >= 15 is 0 Å². The molecular weight excluding hydrogens is 301 g/mol. The summed E-state index contributed by atoms with van der Waals surface area (Å²) < 4.78 is 39.4. The van der Waals surface area contributed by atoms with Crippen LogP contribution in [0.1, 0.15) is 10.7 Å². The van der Waals surface area contributed by atoms with E-state index in [9.17, 15) is 12.8 Å². The minimum Gasteiger partial charge on any atom is -0.398 e. The molecule has 1 aromatic carbocycles. The van der Waals surface area contributed by atoms with Gasteiger partial charge in [0.15, 0.2) is 0 Å². The number of halogens is 1. The quantitative estimate of drug-likeness (QED) is 0.822. The number of aryl methyl sites for hydroxylation is 1. The first-order valence-corrected chi connectivity index (χ1v) is 8.20. The molecule has 0 amide bonds. The number of nitrogens with zero attached hydrogens (tertiary/aromatic N) is 1. The Kier molecular flexibility index (Phi) is 4.36. The van der Waals surface area contributed by atoms with E-state index in [1.54, 1.807) is 0 Å². The van der Waals surface area contributed by atoms with Gasteiger partial charge in [-0.25, -0.2) is 22.5 Å². The second kappa shape index (κ2) is 5.86. The third kappa shape index (κ3) is 3.53. The van der Waals surface area contributed by atoms with E-state index in [2.05, 4.69) is 9.71 Å². The van der Waals surface area contributed by atoms with Crippen molar-refractivity contribution in [2.75, 3.05) is 12.3 Å². The highest BCUT2D eigenvalue weighted by molar-refractivity contribution is 7.89. The minimum absolute atomic E-state index is 0.109. The lowest BCUT2D eigenvalue weighted by molar-refractivity contribution is 0.581. The Morgan fingerprint density at radius 2 is 2.20 bits per heavy atom. The van der Waals surface area contributed by atoms with Gasteiger partial charge < -0.3 is 5.73 Å². The zero-order valence-electron chi connectivity index (χ0n) is 10.8. The number of hydrogen-bond donors (Lipinski definition) is 2. The average Bonchev–Trinajstić information content (AvgIpc) is 2.74. The number of sulfonamides is 1. The predicted octanol–water partition coefficient (Wildman–Crippen LogP) is 1.69. The molecule has 1 aromatic heterocycles. The van der Waals surface area contributed by atoms with Gasteiger partial charge in [-0.05, 0) is 25.1 Å². The van der Waals surface area contributed by atoms with Gasteiger partial charge in [0.2, 0.25) is 10.0 Å². The van der Waals surface area contributed by atoms with Gasteiger partial charge in [0.1, 0.15) is 10.7 Å². The number of anilines is 1. The topological polar surface area (TPSA) is 85.1 Å². The highest BCUT2D eigenvalue weighted by Gasteiger charge is 2.17. The fourth-order valence-corrected chi connectivity index (χ4v) is 3.47. The first-order valence-electron chi connectivity index (χ1n) is 5.84. The van der Waals surface area contributed by atoms with Gasteiger partial charge in [-0.15, -0.1) is 11.3 Å². The molecule has 0 atom stereocenters. The lowest BCUT2D eigenvalue weighted by Crippen LogP contribution is -2.26. The van der Waals surface area contributed by atoms with E-state index in [4.69, 9.17) is 5.73 Å². The Balaban J connectivity index is 2.04. The van der Waals surface area contributed by atoms with Gasteiger partial charge in [-0.3, -0.25) is 0 Å². The van der Waals surface area contributed by atoms with E-state index in [-0.39, 0.29) is 17.1 Å². The molecule has 20 heavy (non-hydrogen) atoms. The summed E-state index contributed by atoms with van der Waals surface area (Å²) in [5.41, 5.74) is 6.25. The highest BCUT2D eigenvalue weighted by atomic mass is 32.2. The summed E-state index contributed by atoms with van der Waals surface area (Å²) in [7, 11) is -3.74. The number of hydrogen-bond acceptors (Lipinski definition) is 5. The molecule has 5 nitrogen and oxygen atoms in total. The van der Waals surface area contributed by atoms with Crippen molar-refractivity contribution in [1.29, 1.82) is 0 Å². The fraction of sp³-hybridized carbons (Fsp3) is 0.250. The second-order valence-corrected chi connectivity index (χ2v) is 6.99. The molecule has 2 aromatic rings. The monoisotopic (exact) mass is 315 g/mol. The Labute approximate surface area is 120 Å². The van der Waals surface area contributed by atoms with Crippen LogP contribution in [0.4, 0.5) is 10.1 Å². The smallest absolute Gasteiger partial charge is 0.242 e. The number of benzene rings is 1. The molecule has 0 unspecified atom stereocenters. The molecule has 0 aliphatic rings. The SMILES string of the molecule is Cc1nc(CCNS(=O)(=O)c2ccc(F)cc2N)cs1. The number of rotatable bonds is 5. The third-order valence-corrected chi connectivity index (χ3v) is 4.96. The predicted molar refractivity (Wildman–Crippen MR) is 76.6 cm³/mol. The summed E-state index contributed by atoms with van der Waals surface area (Å²) in [5, 5.41) is 2.82. The van der Waals surface area contributed by atoms with Gasteiger partial charge in [0, 0.05) is 18.3 Å². The lowest BCUT2D eigenvalue weighted by Gasteiger charge is -2.08. The van der Waals surface area contributed by atoms with E-state index in [0.717, 1.165) is 28.9 Å². The van der Waals surface area contributed by atoms with Crippen LogP contribution in [0.15, 0.2) is 28.5 Å². The molecular formula is C12H14FN3O2S2. The summed E-state index contributed by atoms with van der Waals surface area (Å²) in [4.78, 5) is 4.12. The van der Waals surface area contributed by atoms with Gasteiger partial charge in [0.05, 0.1) is 16.4 Å². The molecule has 108 valence electrons. The van der Waals surface area contributed by atoms with Crippen molar-refractivity contribution in [1.82, 2.24) is 9.71 Å². The maximum Gasteiger partial charge on any atom is 0.242 e. The summed E-state index contributed by atoms with van der Waals surface area (Å²) >= 11 is 1.51. The molecule has 0 aliphatic carbocycles. The maximum absolute atomic E-state index is 12.9. The summed E-state index contributed by atoms with van der Waals surface area (Å²) in [6.45, 7) is 2.10. The van der Waals surface area contributed by atoms with Crippen LogP contribution in [0, 0.1) is 12.7 Å². The van der Waals surface area contributed by atoms with Crippen molar-refractivity contribution in [3.05, 3.63) is 40.1 Å². The third-order valence-electron chi connectivity index (χ3n) is 2.60. The van der Waals surface area contributed by atoms with Crippen LogP contribution in [0.25, 0.3) is 0 Å². The van der Waals surface area contributed by atoms with Crippen molar-refractivity contribution < 1.29 is 12.8 Å². The van der Waals surface area contributed by atoms with Crippen LogP contribution < -0.4 is 10.5 Å². The maximum atomic E-state index is 12.9. The van der Waals surface area contributed by atoms with E-state index in [1.807, 2.05) is 12.3 Å². The molecule has 0 saturated carbocycles. The Hall–Kier alpha value is -1.51. The number of nitrogens with one attached hydrogen (secondary N) is 1. The van der Waals surface area contributed by atoms with Crippen LogP contribution in [-0.2, 0) is 16.4 Å². The minimum atomic E-state index is -3.74. The molecule has 0 bridgehead atoms. The summed E-state index contributed by atoms with van der Waals surface area (Å²) in [6, 6.07) is 3.20. The largest absolute Gasteiger partial charge is 0.398 e. The van der Waals surface area contributed by atoms with Gasteiger partial charge in [-0.1, -0.05) is 0 Å². The van der Waals surface area contributed by atoms with Crippen LogP contribution in [0.5, 0.6) is 0 Å². The molecule has 0 spiro atoms. The number of thiazole rings is 1. The van der Waals surface area contributed by atoms with Crippen LogP contribution in [0.2, 0.25) is 0 Å². The van der Waals surface area contributed by atoms with Crippen LogP contribution >= 0.6 is 11.3 Å². The number of aromatic nitrogens is 1. The zero-order valence-corrected chi connectivity index (χ0v) is 12.4. The standard InChI is InChI=1S/C12H14FN3O2S2/c1-8-16-10(7-19-8)4-5-15-20(17,18)12-3-2-9(13)6-11(12)14/h2-3,6-7,15H,4-5,14H2,1H3. The fourth-order valence-electron chi connectivity index (χ4n) is 1.68. The van der Waals surface area contributed by atoms with Crippen molar-refractivity contribution in [3.63, 3.8) is 0 Å². The normalized spacial score (nSPS) is 11.7. The van der Waals surface area contributed by atoms with Crippen molar-refractivity contribution in [2.24, 2.45) is 0 Å². The Bertz CT molecular complexity index is 713. The van der Waals surface area contributed by atoms with Crippen molar-refractivity contribution in [2.45, 2.75) is 18.2 Å². The first-order chi connectivity index (χ1) is 9.38. The molecule has 0 fully saturated rings. The summed E-state index contributed by atoms with van der Waals surface area (Å²) in [6.07, 6.45) is 0.491. The highest BCUT2D eigenvalue weighted by Crippen LogP contribution is 2.18. The summed E-state index contributed by atoms with van der Waals surface area (Å²) in [5.74, 6) is -0.570. The number of nitrogens with two attached hydrogens (primary N) is 1. The van der Waals surface area contributed by atoms with Crippen LogP contribution in [-0.4, -0.2) is 19.9 Å². The van der Waals surface area contributed by atoms with Gasteiger partial charge in [0.25, 0.3) is 0 Å². The lowest BCUT2D eigenvalue weighted by atomic mass is 10.3. The molecule has 0 radical (unpaired) electrons. The molecule has 1 heterocycles. The second-order valence-electron chi connectivity index (χ2n) is 4.19. The number of nitrogen functional groups attached to an aromatic ring is 1. The van der Waals surface area contributed by atoms with E-state index in [1.165, 1.54) is 11.3 Å². The molecule has 2 rings (SSSR count).